The van der Waals surface area contributed by atoms with Crippen LogP contribution in [0.5, 0.6) is 0 Å². The zero-order chi connectivity index (χ0) is 18.7. The number of rotatable bonds is 1. The van der Waals surface area contributed by atoms with Crippen LogP contribution in [0.1, 0.15) is 46.3 Å². The Morgan fingerprint density at radius 3 is 2.96 bits per heavy atom. The minimum atomic E-state index is -0.258. The van der Waals surface area contributed by atoms with Gasteiger partial charge in [0, 0.05) is 33.0 Å². The lowest BCUT2D eigenvalue weighted by molar-refractivity contribution is 0.0979. The summed E-state index contributed by atoms with van der Waals surface area (Å²) < 4.78 is 2.67. The maximum Gasteiger partial charge on any atom is 0.271 e. The van der Waals surface area contributed by atoms with E-state index < -0.39 is 0 Å². The second-order valence-electron chi connectivity index (χ2n) is 7.28. The first-order valence-corrected chi connectivity index (χ1v) is 10.8. The summed E-state index contributed by atoms with van der Waals surface area (Å²) in [6.07, 6.45) is 6.35. The molecule has 1 aromatic carbocycles. The van der Waals surface area contributed by atoms with Crippen molar-refractivity contribution in [1.29, 1.82) is 0 Å². The molecule has 0 radical (unpaired) electrons. The Bertz CT molecular complexity index is 1150. The molecule has 0 spiro atoms. The van der Waals surface area contributed by atoms with Gasteiger partial charge in [0.2, 0.25) is 0 Å². The molecule has 3 heterocycles. The van der Waals surface area contributed by atoms with E-state index in [-0.39, 0.29) is 23.1 Å². The monoisotopic (exact) mass is 443 g/mol. The van der Waals surface area contributed by atoms with Gasteiger partial charge in [0.25, 0.3) is 11.5 Å². The van der Waals surface area contributed by atoms with Crippen LogP contribution >= 0.6 is 27.3 Å². The molecule has 0 fully saturated rings. The van der Waals surface area contributed by atoms with E-state index >= 15 is 0 Å². The lowest BCUT2D eigenvalue weighted by atomic mass is 10.0. The molecule has 7 heteroatoms. The number of halogens is 1. The highest BCUT2D eigenvalue weighted by Crippen LogP contribution is 2.35. The van der Waals surface area contributed by atoms with Gasteiger partial charge in [0.05, 0.1) is 0 Å². The highest BCUT2D eigenvalue weighted by molar-refractivity contribution is 9.10. The standard InChI is InChI=1S/C20H18BrN3O2S/c1-11-8-12-9-13(21)6-7-15(12)23(11)18(25)14-10-22-20-24(19(14)26)16-4-2-3-5-17(16)27-20/h6-7,9-11H,2-5,8H2,1H3. The van der Waals surface area contributed by atoms with Crippen molar-refractivity contribution >= 4 is 43.8 Å². The normalized spacial score (nSPS) is 18.6. The Hall–Kier alpha value is -1.99. The maximum absolute atomic E-state index is 13.3. The van der Waals surface area contributed by atoms with Crippen LogP contribution in [0.2, 0.25) is 0 Å². The molecule has 1 aliphatic carbocycles. The first-order valence-electron chi connectivity index (χ1n) is 9.19. The first kappa shape index (κ1) is 17.1. The lowest BCUT2D eigenvalue weighted by Gasteiger charge is -2.22. The number of amides is 1. The van der Waals surface area contributed by atoms with Gasteiger partial charge in [0.15, 0.2) is 4.96 Å². The molecular weight excluding hydrogens is 426 g/mol. The Morgan fingerprint density at radius 2 is 2.11 bits per heavy atom. The molecule has 1 aliphatic heterocycles. The number of carbonyl (C=O) groups excluding carboxylic acids is 1. The molecule has 27 heavy (non-hydrogen) atoms. The Labute approximate surface area is 168 Å². The molecule has 5 rings (SSSR count). The van der Waals surface area contributed by atoms with Crippen LogP contribution in [-0.2, 0) is 19.3 Å². The van der Waals surface area contributed by atoms with Crippen molar-refractivity contribution in [2.45, 2.75) is 45.1 Å². The Kier molecular flexibility index (Phi) is 3.98. The summed E-state index contributed by atoms with van der Waals surface area (Å²) in [6, 6.07) is 5.93. The van der Waals surface area contributed by atoms with Crippen LogP contribution < -0.4 is 10.5 Å². The zero-order valence-electron chi connectivity index (χ0n) is 14.9. The minimum Gasteiger partial charge on any atom is -0.305 e. The fourth-order valence-corrected chi connectivity index (χ4v) is 5.83. The van der Waals surface area contributed by atoms with Crippen molar-refractivity contribution < 1.29 is 4.79 Å². The SMILES string of the molecule is CC1Cc2cc(Br)ccc2N1C(=O)c1cnc2sc3c(n2c1=O)CCCC3. The quantitative estimate of drug-likeness (QED) is 0.571. The van der Waals surface area contributed by atoms with Crippen molar-refractivity contribution in [3.63, 3.8) is 0 Å². The second kappa shape index (κ2) is 6.27. The summed E-state index contributed by atoms with van der Waals surface area (Å²) in [7, 11) is 0. The average Bonchev–Trinajstić information content (AvgIpc) is 3.18. The summed E-state index contributed by atoms with van der Waals surface area (Å²) in [5, 5.41) is 0. The molecule has 2 aliphatic rings. The van der Waals surface area contributed by atoms with Gasteiger partial charge in [-0.1, -0.05) is 15.9 Å². The van der Waals surface area contributed by atoms with Gasteiger partial charge in [-0.05, 0) is 62.8 Å². The van der Waals surface area contributed by atoms with E-state index in [9.17, 15) is 9.59 Å². The average molecular weight is 444 g/mol. The van der Waals surface area contributed by atoms with Crippen LogP contribution in [0.25, 0.3) is 4.96 Å². The fraction of sp³-hybridized carbons (Fsp3) is 0.350. The van der Waals surface area contributed by atoms with Crippen LogP contribution in [-0.4, -0.2) is 21.3 Å². The molecule has 1 amide bonds. The summed E-state index contributed by atoms with van der Waals surface area (Å²) >= 11 is 5.07. The van der Waals surface area contributed by atoms with Crippen LogP contribution in [0.3, 0.4) is 0 Å². The number of hydrogen-bond donors (Lipinski definition) is 0. The molecular formula is C20H18BrN3O2S. The number of fused-ring (bicyclic) bond motifs is 4. The Balaban J connectivity index is 1.63. The Morgan fingerprint density at radius 1 is 1.30 bits per heavy atom. The number of benzene rings is 1. The molecule has 1 atom stereocenters. The van der Waals surface area contributed by atoms with Gasteiger partial charge < -0.3 is 4.90 Å². The van der Waals surface area contributed by atoms with Gasteiger partial charge >= 0.3 is 0 Å². The number of carbonyl (C=O) groups is 1. The molecule has 0 saturated carbocycles. The molecule has 2 aromatic heterocycles. The number of anilines is 1. The summed E-state index contributed by atoms with van der Waals surface area (Å²) in [5.74, 6) is -0.258. The van der Waals surface area contributed by atoms with Gasteiger partial charge in [0.1, 0.15) is 5.56 Å². The van der Waals surface area contributed by atoms with E-state index in [1.807, 2.05) is 25.1 Å². The molecule has 0 N–H and O–H groups in total. The summed E-state index contributed by atoms with van der Waals surface area (Å²) in [5.41, 5.74) is 2.97. The molecule has 5 nitrogen and oxygen atoms in total. The van der Waals surface area contributed by atoms with Crippen molar-refractivity contribution in [3.05, 3.63) is 60.9 Å². The second-order valence-corrected chi connectivity index (χ2v) is 9.25. The maximum atomic E-state index is 13.3. The fourth-order valence-electron chi connectivity index (χ4n) is 4.25. The topological polar surface area (TPSA) is 54.7 Å². The highest BCUT2D eigenvalue weighted by atomic mass is 79.9. The molecule has 0 bridgehead atoms. The highest BCUT2D eigenvalue weighted by Gasteiger charge is 2.33. The smallest absolute Gasteiger partial charge is 0.271 e. The van der Waals surface area contributed by atoms with E-state index in [0.717, 1.165) is 53.5 Å². The third-order valence-electron chi connectivity index (χ3n) is 5.51. The predicted molar refractivity (Wildman–Crippen MR) is 110 cm³/mol. The van der Waals surface area contributed by atoms with Crippen LogP contribution in [0.4, 0.5) is 5.69 Å². The molecule has 3 aromatic rings. The zero-order valence-corrected chi connectivity index (χ0v) is 17.3. The van der Waals surface area contributed by atoms with Crippen molar-refractivity contribution in [2.75, 3.05) is 4.90 Å². The van der Waals surface area contributed by atoms with Crippen LogP contribution in [0, 0.1) is 0 Å². The van der Waals surface area contributed by atoms with Crippen molar-refractivity contribution in [2.24, 2.45) is 0 Å². The largest absolute Gasteiger partial charge is 0.305 e. The first-order chi connectivity index (χ1) is 13.0. The molecule has 1 unspecified atom stereocenters. The van der Waals surface area contributed by atoms with E-state index in [1.165, 1.54) is 11.1 Å². The van der Waals surface area contributed by atoms with E-state index in [2.05, 4.69) is 20.9 Å². The summed E-state index contributed by atoms with van der Waals surface area (Å²) in [6.45, 7) is 2.02. The number of thiazole rings is 1. The number of aromatic nitrogens is 2. The van der Waals surface area contributed by atoms with Gasteiger partial charge in [-0.25, -0.2) is 4.98 Å². The van der Waals surface area contributed by atoms with Gasteiger partial charge in [-0.2, -0.15) is 0 Å². The van der Waals surface area contributed by atoms with Gasteiger partial charge in [-0.15, -0.1) is 11.3 Å². The van der Waals surface area contributed by atoms with E-state index in [4.69, 9.17) is 0 Å². The van der Waals surface area contributed by atoms with Crippen LogP contribution in [0.15, 0.2) is 33.7 Å². The van der Waals surface area contributed by atoms with E-state index in [0.29, 0.717) is 4.96 Å². The van der Waals surface area contributed by atoms with E-state index in [1.54, 1.807) is 20.6 Å². The van der Waals surface area contributed by atoms with Crippen molar-refractivity contribution in [3.8, 4) is 0 Å². The third kappa shape index (κ3) is 2.59. The minimum absolute atomic E-state index is 0.0123. The van der Waals surface area contributed by atoms with Gasteiger partial charge in [-0.3, -0.25) is 14.0 Å². The van der Waals surface area contributed by atoms with Crippen molar-refractivity contribution in [1.82, 2.24) is 9.38 Å². The number of hydrogen-bond acceptors (Lipinski definition) is 4. The predicted octanol–water partition coefficient (Wildman–Crippen LogP) is 3.99. The molecule has 0 saturated heterocycles. The lowest BCUT2D eigenvalue weighted by Crippen LogP contribution is -2.39. The summed E-state index contributed by atoms with van der Waals surface area (Å²) in [4.78, 5) is 34.7. The number of aryl methyl sites for hydroxylation is 2. The third-order valence-corrected chi connectivity index (χ3v) is 7.16. The molecule has 138 valence electrons. The number of nitrogens with zero attached hydrogens (tertiary/aromatic N) is 3.